The molecule has 1 atom stereocenters. The van der Waals surface area contributed by atoms with Gasteiger partial charge in [0.1, 0.15) is 0 Å². The number of unbranched alkanes of at least 4 members (excludes halogenated alkanes) is 10. The number of carbonyl (C=O) groups excluding carboxylic acids is 2. The summed E-state index contributed by atoms with van der Waals surface area (Å²) >= 11 is 0. The molecule has 11 nitrogen and oxygen atoms in total. The largest absolute Gasteiger partial charge is 1.00 e. The Morgan fingerprint density at radius 1 is 0.714 bits per heavy atom. The molecule has 15 heteroatoms. The molecule has 0 rings (SSSR count). The van der Waals surface area contributed by atoms with Crippen LogP contribution in [0.1, 0.15) is 97.3 Å². The zero-order valence-electron chi connectivity index (χ0n) is 21.5. The Balaban J connectivity index is -0.000000619. The molecule has 35 heavy (non-hydrogen) atoms. The molecule has 0 aliphatic carbocycles. The second kappa shape index (κ2) is 26.3. The van der Waals surface area contributed by atoms with E-state index in [-0.39, 0.29) is 72.3 Å². The number of rotatable bonds is 18. The van der Waals surface area contributed by atoms with E-state index in [0.29, 0.717) is 12.8 Å². The first kappa shape index (κ1) is 42.8. The van der Waals surface area contributed by atoms with E-state index < -0.39 is 44.1 Å². The summed E-state index contributed by atoms with van der Waals surface area (Å²) in [5.74, 6) is -1.93. The molecule has 198 valence electrons. The van der Waals surface area contributed by atoms with Crippen LogP contribution in [0.5, 0.6) is 0 Å². The van der Waals surface area contributed by atoms with Gasteiger partial charge in [0, 0.05) is 10.4 Å². The van der Waals surface area contributed by atoms with Gasteiger partial charge in [-0.3, -0.25) is 22.6 Å². The molecular formula is C20H38Na2O11S2. The minimum absolute atomic E-state index is 0. The smallest absolute Gasteiger partial charge is 0.759 e. The maximum absolute atomic E-state index is 12.0. The van der Waals surface area contributed by atoms with Crippen molar-refractivity contribution < 1.29 is 109 Å². The molecule has 0 saturated carbocycles. The maximum atomic E-state index is 12.0. The van der Waals surface area contributed by atoms with Gasteiger partial charge in [-0.1, -0.05) is 78.1 Å². The van der Waals surface area contributed by atoms with Gasteiger partial charge in [-0.25, -0.2) is 0 Å². The standard InChI is InChI=1S/C20H38O7S.2Na.H2O4S/c1-3-5-7-9-11-13-15-26-19(21)17-18(28(23,24)25)20(22)27-16-14-12-10-8-6-4-2;;;1-5(2,3)4/h18H,3-17H2,1-2H3,(H,23,24,25);;;(H2,1,2,3,4)/q;2*+1;/p-2. The fourth-order valence-electron chi connectivity index (χ4n) is 2.74. The van der Waals surface area contributed by atoms with Gasteiger partial charge in [0.2, 0.25) is 0 Å². The molecule has 0 aromatic rings. The third kappa shape index (κ3) is 34.7. The molecule has 0 saturated heterocycles. The van der Waals surface area contributed by atoms with Gasteiger partial charge in [0.15, 0.2) is 5.25 Å². The molecule has 1 unspecified atom stereocenters. The van der Waals surface area contributed by atoms with Crippen LogP contribution in [0, 0.1) is 0 Å². The maximum Gasteiger partial charge on any atom is 1.00 e. The van der Waals surface area contributed by atoms with Crippen LogP contribution in [0.15, 0.2) is 0 Å². The normalized spacial score (nSPS) is 11.7. The topological polar surface area (TPSA) is 187 Å². The van der Waals surface area contributed by atoms with Gasteiger partial charge in [-0.05, 0) is 12.8 Å². The van der Waals surface area contributed by atoms with E-state index in [2.05, 4.69) is 13.8 Å². The van der Waals surface area contributed by atoms with E-state index >= 15 is 0 Å². The Morgan fingerprint density at radius 2 is 1.06 bits per heavy atom. The fourth-order valence-corrected chi connectivity index (χ4v) is 3.39. The number of hydrogen-bond acceptors (Lipinski definition) is 10. The molecular weight excluding hydrogens is 526 g/mol. The van der Waals surface area contributed by atoms with Crippen molar-refractivity contribution in [1.29, 1.82) is 0 Å². The third-order valence-corrected chi connectivity index (χ3v) is 5.56. The average Bonchev–Trinajstić information content (AvgIpc) is 2.68. The summed E-state index contributed by atoms with van der Waals surface area (Å²) in [6.07, 6.45) is 11.3. The minimum atomic E-state index is -5.17. The third-order valence-electron chi connectivity index (χ3n) is 4.48. The monoisotopic (exact) mass is 564 g/mol. The predicted octanol–water partition coefficient (Wildman–Crippen LogP) is -2.89. The molecule has 0 radical (unpaired) electrons. The molecule has 0 fully saturated rings. The van der Waals surface area contributed by atoms with Crippen LogP contribution >= 0.6 is 0 Å². The van der Waals surface area contributed by atoms with Crippen molar-refractivity contribution in [1.82, 2.24) is 0 Å². The molecule has 0 amide bonds. The van der Waals surface area contributed by atoms with Crippen molar-refractivity contribution in [3.8, 4) is 0 Å². The molecule has 0 heterocycles. The SMILES string of the molecule is CCCCCCCCOC(=O)CC(C(=O)OCCCCCCCC)S(=O)(=O)O.O=S(=O)([O-])[O-].[Na+].[Na+]. The zero-order valence-corrected chi connectivity index (χ0v) is 27.2. The number of ether oxygens (including phenoxy) is 2. The van der Waals surface area contributed by atoms with Crippen molar-refractivity contribution >= 4 is 32.5 Å². The van der Waals surface area contributed by atoms with Crippen LogP contribution in [-0.2, 0) is 39.6 Å². The number of carbonyl (C=O) groups is 2. The summed E-state index contributed by atoms with van der Waals surface area (Å²) < 4.78 is 76.1. The van der Waals surface area contributed by atoms with Crippen LogP contribution in [0.2, 0.25) is 0 Å². The first-order valence-corrected chi connectivity index (χ1v) is 14.1. The Hall–Kier alpha value is 0.720. The average molecular weight is 565 g/mol. The summed E-state index contributed by atoms with van der Waals surface area (Å²) in [5, 5.41) is -1.93. The van der Waals surface area contributed by atoms with Gasteiger partial charge in [-0.15, -0.1) is 0 Å². The van der Waals surface area contributed by atoms with Crippen molar-refractivity contribution in [3.63, 3.8) is 0 Å². The molecule has 0 spiro atoms. The van der Waals surface area contributed by atoms with Crippen LogP contribution in [0.4, 0.5) is 0 Å². The number of esters is 2. The van der Waals surface area contributed by atoms with E-state index in [1.807, 2.05) is 0 Å². The van der Waals surface area contributed by atoms with Crippen LogP contribution in [0.25, 0.3) is 0 Å². The fraction of sp³-hybridized carbons (Fsp3) is 0.900. The van der Waals surface area contributed by atoms with Gasteiger partial charge >= 0.3 is 71.1 Å². The molecule has 0 aromatic carbocycles. The van der Waals surface area contributed by atoms with Crippen molar-refractivity contribution in [2.24, 2.45) is 0 Å². The van der Waals surface area contributed by atoms with E-state index in [0.717, 1.165) is 57.8 Å². The first-order valence-electron chi connectivity index (χ1n) is 11.3. The molecule has 0 bridgehead atoms. The predicted molar refractivity (Wildman–Crippen MR) is 119 cm³/mol. The van der Waals surface area contributed by atoms with Crippen molar-refractivity contribution in [2.45, 2.75) is 103 Å². The second-order valence-corrected chi connectivity index (χ2v) is 9.95. The summed E-state index contributed by atoms with van der Waals surface area (Å²) in [7, 11) is -9.90. The Morgan fingerprint density at radius 3 is 1.43 bits per heavy atom. The first-order chi connectivity index (χ1) is 15.3. The van der Waals surface area contributed by atoms with Gasteiger partial charge < -0.3 is 18.6 Å². The summed E-state index contributed by atoms with van der Waals surface area (Å²) in [5.41, 5.74) is 0. The van der Waals surface area contributed by atoms with E-state index in [9.17, 15) is 22.6 Å². The molecule has 0 aromatic heterocycles. The Kier molecular flexibility index (Phi) is 32.2. The molecule has 0 aliphatic heterocycles. The van der Waals surface area contributed by atoms with Gasteiger partial charge in [0.05, 0.1) is 19.6 Å². The molecule has 0 aliphatic rings. The Bertz CT molecular complexity index is 721. The van der Waals surface area contributed by atoms with Gasteiger partial charge in [0.25, 0.3) is 10.1 Å². The molecule has 1 N–H and O–H groups in total. The summed E-state index contributed by atoms with van der Waals surface area (Å²) in [4.78, 5) is 23.8. The van der Waals surface area contributed by atoms with Gasteiger partial charge in [-0.2, -0.15) is 8.42 Å². The van der Waals surface area contributed by atoms with Crippen LogP contribution in [-0.4, -0.2) is 60.9 Å². The van der Waals surface area contributed by atoms with Crippen LogP contribution < -0.4 is 59.1 Å². The second-order valence-electron chi connectivity index (χ2n) is 7.54. The summed E-state index contributed by atoms with van der Waals surface area (Å²) in [6, 6.07) is 0. The summed E-state index contributed by atoms with van der Waals surface area (Å²) in [6.45, 7) is 4.50. The van der Waals surface area contributed by atoms with E-state index in [1.165, 1.54) is 6.42 Å². The van der Waals surface area contributed by atoms with Crippen molar-refractivity contribution in [2.75, 3.05) is 13.2 Å². The van der Waals surface area contributed by atoms with Crippen molar-refractivity contribution in [3.05, 3.63) is 0 Å². The van der Waals surface area contributed by atoms with E-state index in [4.69, 9.17) is 27.0 Å². The number of hydrogen-bond donors (Lipinski definition) is 1. The van der Waals surface area contributed by atoms with Crippen LogP contribution in [0.3, 0.4) is 0 Å². The quantitative estimate of drug-likeness (QED) is 0.0592. The van der Waals surface area contributed by atoms with E-state index in [1.54, 1.807) is 0 Å². The zero-order chi connectivity index (χ0) is 25.8. The Labute approximate surface area is 254 Å². The minimum Gasteiger partial charge on any atom is -0.759 e.